The van der Waals surface area contributed by atoms with Gasteiger partial charge in [-0.05, 0) is 43.6 Å². The fraction of sp³-hybridized carbons (Fsp3) is 0.412. The summed E-state index contributed by atoms with van der Waals surface area (Å²) in [5.41, 5.74) is 1.19. The Hall–Kier alpha value is -1.60. The average molecular weight is 390 g/mol. The Morgan fingerprint density at radius 2 is 1.80 bits per heavy atom. The summed E-state index contributed by atoms with van der Waals surface area (Å²) < 4.78 is 0. The lowest BCUT2D eigenvalue weighted by Gasteiger charge is -2.36. The molecule has 0 aromatic heterocycles. The first-order valence-corrected chi connectivity index (χ1v) is 8.38. The molecule has 2 rings (SSSR count). The van der Waals surface area contributed by atoms with Gasteiger partial charge >= 0.3 is 11.9 Å². The molecule has 1 aliphatic heterocycles. The zero-order valence-electron chi connectivity index (χ0n) is 13.7. The van der Waals surface area contributed by atoms with Crippen LogP contribution in [0.1, 0.15) is 17.9 Å². The van der Waals surface area contributed by atoms with Gasteiger partial charge in [-0.2, -0.15) is 0 Å². The van der Waals surface area contributed by atoms with Gasteiger partial charge in [0, 0.05) is 31.2 Å². The van der Waals surface area contributed by atoms with Gasteiger partial charge in [0.2, 0.25) is 0 Å². The van der Waals surface area contributed by atoms with E-state index in [0.29, 0.717) is 28.1 Å². The summed E-state index contributed by atoms with van der Waals surface area (Å²) in [6, 6.07) is 5.79. The van der Waals surface area contributed by atoms with E-state index in [4.69, 9.17) is 33.4 Å². The van der Waals surface area contributed by atoms with Gasteiger partial charge in [-0.25, -0.2) is 9.59 Å². The molecule has 1 fully saturated rings. The highest BCUT2D eigenvalue weighted by atomic mass is 35.5. The molecular formula is C17H21Cl2NO5. The number of halogens is 2. The summed E-state index contributed by atoms with van der Waals surface area (Å²) in [6.45, 7) is 2.21. The smallest absolute Gasteiger partial charge is 0.328 e. The SMILES string of the molecule is CN1CC[C@@H](c2ccc(Cl)c(Cl)c2)[C@@H](CO)C1.O=C(O)/C=C/C(=O)O. The van der Waals surface area contributed by atoms with Crippen LogP contribution in [0.25, 0.3) is 0 Å². The third kappa shape index (κ3) is 7.44. The summed E-state index contributed by atoms with van der Waals surface area (Å²) in [4.78, 5) is 21.4. The molecule has 1 aromatic rings. The van der Waals surface area contributed by atoms with Crippen molar-refractivity contribution in [3.05, 3.63) is 46.0 Å². The summed E-state index contributed by atoms with van der Waals surface area (Å²) in [7, 11) is 2.09. The van der Waals surface area contributed by atoms with Crippen LogP contribution in [0.3, 0.4) is 0 Å². The molecule has 0 saturated carbocycles. The van der Waals surface area contributed by atoms with Gasteiger partial charge in [0.15, 0.2) is 0 Å². The lowest BCUT2D eigenvalue weighted by Crippen LogP contribution is -2.38. The summed E-state index contributed by atoms with van der Waals surface area (Å²) >= 11 is 12.0. The van der Waals surface area contributed by atoms with Crippen molar-refractivity contribution >= 4 is 35.1 Å². The van der Waals surface area contributed by atoms with Gasteiger partial charge in [0.1, 0.15) is 0 Å². The Kier molecular flexibility index (Phi) is 8.92. The van der Waals surface area contributed by atoms with Gasteiger partial charge in [-0.15, -0.1) is 0 Å². The number of aliphatic hydroxyl groups excluding tert-OH is 1. The van der Waals surface area contributed by atoms with E-state index >= 15 is 0 Å². The predicted molar refractivity (Wildman–Crippen MR) is 96.3 cm³/mol. The zero-order valence-corrected chi connectivity index (χ0v) is 15.2. The Balaban J connectivity index is 0.000000333. The first-order valence-electron chi connectivity index (χ1n) is 7.62. The van der Waals surface area contributed by atoms with Crippen molar-refractivity contribution in [3.8, 4) is 0 Å². The summed E-state index contributed by atoms with van der Waals surface area (Å²) in [6.07, 6.45) is 2.17. The average Bonchev–Trinajstić information content (AvgIpc) is 2.56. The number of hydrogen-bond acceptors (Lipinski definition) is 4. The molecule has 6 nitrogen and oxygen atoms in total. The number of carbonyl (C=O) groups is 2. The van der Waals surface area contributed by atoms with Crippen molar-refractivity contribution in [2.24, 2.45) is 5.92 Å². The van der Waals surface area contributed by atoms with Crippen molar-refractivity contribution in [1.82, 2.24) is 4.90 Å². The first kappa shape index (κ1) is 21.4. The number of piperidine rings is 1. The molecule has 0 amide bonds. The monoisotopic (exact) mass is 389 g/mol. The molecule has 1 aliphatic rings. The number of carboxylic acid groups (broad SMARTS) is 2. The molecule has 0 bridgehead atoms. The predicted octanol–water partition coefficient (Wildman–Crippen LogP) is 2.73. The maximum Gasteiger partial charge on any atom is 0.328 e. The zero-order chi connectivity index (χ0) is 19.0. The number of carboxylic acids is 2. The van der Waals surface area contributed by atoms with Crippen molar-refractivity contribution in [2.45, 2.75) is 12.3 Å². The summed E-state index contributed by atoms with van der Waals surface area (Å²) in [5, 5.41) is 26.3. The van der Waals surface area contributed by atoms with E-state index in [0.717, 1.165) is 19.5 Å². The van der Waals surface area contributed by atoms with Gasteiger partial charge in [0.05, 0.1) is 10.0 Å². The van der Waals surface area contributed by atoms with Gasteiger partial charge in [0.25, 0.3) is 0 Å². The normalized spacial score (nSPS) is 20.8. The fourth-order valence-corrected chi connectivity index (χ4v) is 3.03. The van der Waals surface area contributed by atoms with Crippen LogP contribution >= 0.6 is 23.2 Å². The second-order valence-corrected chi connectivity index (χ2v) is 6.60. The minimum Gasteiger partial charge on any atom is -0.478 e. The van der Waals surface area contributed by atoms with Crippen molar-refractivity contribution in [2.75, 3.05) is 26.7 Å². The molecule has 2 atom stereocenters. The number of hydrogen-bond donors (Lipinski definition) is 3. The molecule has 1 saturated heterocycles. The molecule has 3 N–H and O–H groups in total. The largest absolute Gasteiger partial charge is 0.478 e. The van der Waals surface area contributed by atoms with Crippen LogP contribution in [0.2, 0.25) is 10.0 Å². The van der Waals surface area contributed by atoms with Crippen molar-refractivity contribution < 1.29 is 24.9 Å². The lowest BCUT2D eigenvalue weighted by atomic mass is 9.81. The second kappa shape index (κ2) is 10.4. The highest BCUT2D eigenvalue weighted by Gasteiger charge is 2.28. The Morgan fingerprint density at radius 3 is 2.28 bits per heavy atom. The van der Waals surface area contributed by atoms with Crippen LogP contribution in [-0.4, -0.2) is 58.9 Å². The third-order valence-electron chi connectivity index (χ3n) is 3.91. The number of likely N-dealkylation sites (tertiary alicyclic amines) is 1. The number of aliphatic carboxylic acids is 2. The van der Waals surface area contributed by atoms with Crippen molar-refractivity contribution in [3.63, 3.8) is 0 Å². The Morgan fingerprint density at radius 1 is 1.20 bits per heavy atom. The number of rotatable bonds is 4. The number of nitrogens with zero attached hydrogens (tertiary/aromatic N) is 1. The van der Waals surface area contributed by atoms with Gasteiger partial charge in [-0.1, -0.05) is 29.3 Å². The van der Waals surface area contributed by atoms with E-state index < -0.39 is 11.9 Å². The third-order valence-corrected chi connectivity index (χ3v) is 4.65. The van der Waals surface area contributed by atoms with E-state index in [2.05, 4.69) is 11.9 Å². The van der Waals surface area contributed by atoms with Crippen molar-refractivity contribution in [1.29, 1.82) is 0 Å². The van der Waals surface area contributed by atoms with Crippen LogP contribution < -0.4 is 0 Å². The van der Waals surface area contributed by atoms with E-state index in [9.17, 15) is 14.7 Å². The highest BCUT2D eigenvalue weighted by molar-refractivity contribution is 6.42. The number of benzene rings is 1. The standard InChI is InChI=1S/C13H17Cl2NO.C4H4O4/c1-16-5-4-11(10(7-16)8-17)9-2-3-12(14)13(15)6-9;5-3(6)1-2-4(7)8/h2-3,6,10-11,17H,4-5,7-8H2,1H3;1-2H,(H,5,6)(H,7,8)/b;2-1+/t10-,11+;/m1./s1. The van der Waals surface area contributed by atoms with Crippen LogP contribution in [0.5, 0.6) is 0 Å². The van der Waals surface area contributed by atoms with E-state index in [1.54, 1.807) is 0 Å². The minimum atomic E-state index is -1.26. The molecule has 25 heavy (non-hydrogen) atoms. The molecule has 0 spiro atoms. The minimum absolute atomic E-state index is 0.218. The molecular weight excluding hydrogens is 369 g/mol. The van der Waals surface area contributed by atoms with Gasteiger partial charge < -0.3 is 20.2 Å². The molecule has 8 heteroatoms. The Labute approximate surface area is 156 Å². The van der Waals surface area contributed by atoms with Crippen LogP contribution in [0, 0.1) is 5.92 Å². The van der Waals surface area contributed by atoms with Crippen LogP contribution in [0.4, 0.5) is 0 Å². The van der Waals surface area contributed by atoms with E-state index in [1.807, 2.05) is 18.2 Å². The van der Waals surface area contributed by atoms with Crippen LogP contribution in [0.15, 0.2) is 30.4 Å². The summed E-state index contributed by atoms with van der Waals surface area (Å²) in [5.74, 6) is -1.85. The maximum absolute atomic E-state index is 9.55. The maximum atomic E-state index is 9.55. The topological polar surface area (TPSA) is 98.1 Å². The van der Waals surface area contributed by atoms with E-state index in [-0.39, 0.29) is 12.5 Å². The molecule has 0 aliphatic carbocycles. The highest BCUT2D eigenvalue weighted by Crippen LogP contribution is 2.35. The second-order valence-electron chi connectivity index (χ2n) is 5.78. The van der Waals surface area contributed by atoms with E-state index in [1.165, 1.54) is 5.56 Å². The Bertz CT molecular complexity index is 619. The molecule has 138 valence electrons. The fourth-order valence-electron chi connectivity index (χ4n) is 2.72. The molecule has 1 heterocycles. The molecule has 1 aromatic carbocycles. The first-order chi connectivity index (χ1) is 11.7. The van der Waals surface area contributed by atoms with Crippen LogP contribution in [-0.2, 0) is 9.59 Å². The van der Waals surface area contributed by atoms with Gasteiger partial charge in [-0.3, -0.25) is 0 Å². The lowest BCUT2D eigenvalue weighted by molar-refractivity contribution is -0.134. The number of aliphatic hydroxyl groups is 1. The molecule has 0 unspecified atom stereocenters. The quantitative estimate of drug-likeness (QED) is 0.684. The molecule has 0 radical (unpaired) electrons.